The molecule has 0 aliphatic carbocycles. The molecule has 0 saturated carbocycles. The lowest BCUT2D eigenvalue weighted by Crippen LogP contribution is -2.30. The van der Waals surface area contributed by atoms with Crippen molar-refractivity contribution in [1.82, 2.24) is 4.98 Å². The molecule has 0 fully saturated rings. The van der Waals surface area contributed by atoms with E-state index in [9.17, 15) is 4.79 Å². The first-order chi connectivity index (χ1) is 7.88. The van der Waals surface area contributed by atoms with Crippen LogP contribution in [0.2, 0.25) is 0 Å². The average Bonchev–Trinajstić information content (AvgIpc) is 2.28. The lowest BCUT2D eigenvalue weighted by molar-refractivity contribution is 0.0696. The van der Waals surface area contributed by atoms with Crippen molar-refractivity contribution >= 4 is 11.8 Å². The summed E-state index contributed by atoms with van der Waals surface area (Å²) < 4.78 is 0. The number of nitrogens with zero attached hydrogens (tertiary/aromatic N) is 1. The minimum atomic E-state index is -0.917. The number of carbonyl (C=O) groups is 1. The fourth-order valence-electron chi connectivity index (χ4n) is 1.39. The Bertz CT molecular complexity index is 414. The molecule has 4 nitrogen and oxygen atoms in total. The van der Waals surface area contributed by atoms with Gasteiger partial charge in [-0.2, -0.15) is 0 Å². The summed E-state index contributed by atoms with van der Waals surface area (Å²) in [5.41, 5.74) is 0.986. The van der Waals surface area contributed by atoms with Crippen LogP contribution in [0.3, 0.4) is 0 Å². The van der Waals surface area contributed by atoms with Crippen LogP contribution < -0.4 is 5.32 Å². The van der Waals surface area contributed by atoms with Crippen LogP contribution in [0.1, 0.15) is 50.2 Å². The highest BCUT2D eigenvalue weighted by molar-refractivity contribution is 5.88. The van der Waals surface area contributed by atoms with E-state index < -0.39 is 5.97 Å². The van der Waals surface area contributed by atoms with Crippen LogP contribution in [0.4, 0.5) is 5.82 Å². The van der Waals surface area contributed by atoms with Crippen LogP contribution in [0.5, 0.6) is 0 Å². The molecule has 0 atom stereocenters. The highest BCUT2D eigenvalue weighted by atomic mass is 16.4. The number of aryl methyl sites for hydroxylation is 1. The van der Waals surface area contributed by atoms with Crippen LogP contribution in [0, 0.1) is 0 Å². The standard InChI is InChI=1S/C13H20N2O2/c1-5-10-7-9(12(16)17)8-11(14-10)15-13(3,4)6-2/h7-8H,5-6H2,1-4H3,(H,14,15)(H,16,17). The molecule has 0 unspecified atom stereocenters. The smallest absolute Gasteiger partial charge is 0.335 e. The summed E-state index contributed by atoms with van der Waals surface area (Å²) in [6.07, 6.45) is 1.66. The molecule has 0 aliphatic heterocycles. The van der Waals surface area contributed by atoms with E-state index in [-0.39, 0.29) is 11.1 Å². The van der Waals surface area contributed by atoms with E-state index in [4.69, 9.17) is 5.11 Å². The van der Waals surface area contributed by atoms with Gasteiger partial charge in [-0.1, -0.05) is 13.8 Å². The molecular weight excluding hydrogens is 216 g/mol. The second-order valence-electron chi connectivity index (χ2n) is 4.75. The second-order valence-corrected chi connectivity index (χ2v) is 4.75. The van der Waals surface area contributed by atoms with E-state index in [0.717, 1.165) is 18.5 Å². The Kier molecular flexibility index (Phi) is 4.10. The Balaban J connectivity index is 3.07. The topological polar surface area (TPSA) is 62.2 Å². The number of anilines is 1. The summed E-state index contributed by atoms with van der Waals surface area (Å²) in [4.78, 5) is 15.4. The molecule has 1 aromatic rings. The molecule has 1 rings (SSSR count). The molecule has 0 spiro atoms. The number of aromatic carboxylic acids is 1. The average molecular weight is 236 g/mol. The first-order valence-corrected chi connectivity index (χ1v) is 5.90. The van der Waals surface area contributed by atoms with Crippen molar-refractivity contribution in [3.8, 4) is 0 Å². The quantitative estimate of drug-likeness (QED) is 0.825. The van der Waals surface area contributed by atoms with Crippen molar-refractivity contribution in [2.24, 2.45) is 0 Å². The van der Waals surface area contributed by atoms with Gasteiger partial charge in [0, 0.05) is 11.2 Å². The first-order valence-electron chi connectivity index (χ1n) is 5.90. The molecule has 0 saturated heterocycles. The Hall–Kier alpha value is -1.58. The predicted molar refractivity (Wildman–Crippen MR) is 68.6 cm³/mol. The Labute approximate surface area is 102 Å². The zero-order valence-electron chi connectivity index (χ0n) is 10.9. The van der Waals surface area contributed by atoms with E-state index in [2.05, 4.69) is 31.1 Å². The molecule has 0 aliphatic rings. The van der Waals surface area contributed by atoms with Gasteiger partial charge in [0.1, 0.15) is 5.82 Å². The van der Waals surface area contributed by atoms with Crippen LogP contribution in [-0.2, 0) is 6.42 Å². The molecule has 17 heavy (non-hydrogen) atoms. The number of carboxylic acids is 1. The van der Waals surface area contributed by atoms with Crippen LogP contribution in [0.25, 0.3) is 0 Å². The molecule has 1 heterocycles. The Morgan fingerprint density at radius 2 is 2.06 bits per heavy atom. The van der Waals surface area contributed by atoms with Gasteiger partial charge in [0.05, 0.1) is 5.56 Å². The fourth-order valence-corrected chi connectivity index (χ4v) is 1.39. The van der Waals surface area contributed by atoms with Crippen molar-refractivity contribution in [3.05, 3.63) is 23.4 Å². The molecular formula is C13H20N2O2. The van der Waals surface area contributed by atoms with Crippen LogP contribution >= 0.6 is 0 Å². The van der Waals surface area contributed by atoms with Crippen LogP contribution in [-0.4, -0.2) is 21.6 Å². The van der Waals surface area contributed by atoms with Gasteiger partial charge in [0.25, 0.3) is 0 Å². The maximum Gasteiger partial charge on any atom is 0.335 e. The first kappa shape index (κ1) is 13.5. The maximum absolute atomic E-state index is 11.0. The monoisotopic (exact) mass is 236 g/mol. The lowest BCUT2D eigenvalue weighted by Gasteiger charge is -2.25. The van der Waals surface area contributed by atoms with Crippen molar-refractivity contribution in [1.29, 1.82) is 0 Å². The molecule has 0 amide bonds. The van der Waals surface area contributed by atoms with E-state index in [1.807, 2.05) is 6.92 Å². The summed E-state index contributed by atoms with van der Waals surface area (Å²) in [6.45, 7) is 8.17. The molecule has 94 valence electrons. The molecule has 4 heteroatoms. The van der Waals surface area contributed by atoms with Crippen molar-refractivity contribution in [2.45, 2.75) is 46.1 Å². The minimum absolute atomic E-state index is 0.0882. The number of carboxylic acid groups (broad SMARTS) is 1. The van der Waals surface area contributed by atoms with E-state index >= 15 is 0 Å². The normalized spacial score (nSPS) is 11.3. The summed E-state index contributed by atoms with van der Waals surface area (Å²) in [5.74, 6) is -0.284. The second kappa shape index (κ2) is 5.17. The number of rotatable bonds is 5. The van der Waals surface area contributed by atoms with Gasteiger partial charge in [0.2, 0.25) is 0 Å². The lowest BCUT2D eigenvalue weighted by atomic mass is 10.0. The zero-order valence-corrected chi connectivity index (χ0v) is 10.9. The number of aromatic nitrogens is 1. The number of nitrogens with one attached hydrogen (secondary N) is 1. The SMILES string of the molecule is CCc1cc(C(=O)O)cc(NC(C)(C)CC)n1. The Morgan fingerprint density at radius 3 is 2.53 bits per heavy atom. The number of hydrogen-bond donors (Lipinski definition) is 2. The predicted octanol–water partition coefficient (Wildman–Crippen LogP) is 2.94. The van der Waals surface area contributed by atoms with E-state index in [0.29, 0.717) is 5.82 Å². The summed E-state index contributed by atoms with van der Waals surface area (Å²) in [7, 11) is 0. The molecule has 2 N–H and O–H groups in total. The van der Waals surface area contributed by atoms with Gasteiger partial charge in [-0.25, -0.2) is 9.78 Å². The van der Waals surface area contributed by atoms with E-state index in [1.165, 1.54) is 0 Å². The van der Waals surface area contributed by atoms with Crippen molar-refractivity contribution in [2.75, 3.05) is 5.32 Å². The third-order valence-corrected chi connectivity index (χ3v) is 2.84. The zero-order chi connectivity index (χ0) is 13.1. The summed E-state index contributed by atoms with van der Waals surface area (Å²) in [6, 6.07) is 3.20. The molecule has 0 radical (unpaired) electrons. The van der Waals surface area contributed by atoms with Crippen molar-refractivity contribution < 1.29 is 9.90 Å². The Morgan fingerprint density at radius 1 is 1.41 bits per heavy atom. The van der Waals surface area contributed by atoms with Crippen molar-refractivity contribution in [3.63, 3.8) is 0 Å². The highest BCUT2D eigenvalue weighted by Gasteiger charge is 2.16. The third-order valence-electron chi connectivity index (χ3n) is 2.84. The van der Waals surface area contributed by atoms with E-state index in [1.54, 1.807) is 12.1 Å². The van der Waals surface area contributed by atoms with Gasteiger partial charge in [-0.05, 0) is 38.8 Å². The van der Waals surface area contributed by atoms with Gasteiger partial charge < -0.3 is 10.4 Å². The van der Waals surface area contributed by atoms with Gasteiger partial charge >= 0.3 is 5.97 Å². The van der Waals surface area contributed by atoms with Gasteiger partial charge in [-0.15, -0.1) is 0 Å². The highest BCUT2D eigenvalue weighted by Crippen LogP contribution is 2.18. The third kappa shape index (κ3) is 3.73. The fraction of sp³-hybridized carbons (Fsp3) is 0.538. The maximum atomic E-state index is 11.0. The van der Waals surface area contributed by atoms with Gasteiger partial charge in [0.15, 0.2) is 0 Å². The minimum Gasteiger partial charge on any atom is -0.478 e. The number of pyridine rings is 1. The molecule has 0 aromatic carbocycles. The van der Waals surface area contributed by atoms with Gasteiger partial charge in [-0.3, -0.25) is 0 Å². The largest absolute Gasteiger partial charge is 0.478 e. The molecule has 0 bridgehead atoms. The van der Waals surface area contributed by atoms with Crippen LogP contribution in [0.15, 0.2) is 12.1 Å². The number of hydrogen-bond acceptors (Lipinski definition) is 3. The summed E-state index contributed by atoms with van der Waals surface area (Å²) >= 11 is 0. The molecule has 1 aromatic heterocycles. The summed E-state index contributed by atoms with van der Waals surface area (Å²) in [5, 5.41) is 12.3.